The largest absolute Gasteiger partial charge is 0.387 e. The van der Waals surface area contributed by atoms with Crippen LogP contribution in [0.4, 0.5) is 10.2 Å². The molecule has 5 N–H and O–H groups in total. The van der Waals surface area contributed by atoms with Crippen LogP contribution in [0.3, 0.4) is 0 Å². The summed E-state index contributed by atoms with van der Waals surface area (Å²) < 4.78 is 49.3. The maximum atomic E-state index is 15.0. The molecule has 0 spiro atoms. The Balaban J connectivity index is 1.55. The first-order valence-electron chi connectivity index (χ1n) is 10.5. The van der Waals surface area contributed by atoms with Crippen molar-refractivity contribution in [1.29, 1.82) is 0 Å². The van der Waals surface area contributed by atoms with Gasteiger partial charge >= 0.3 is 15.2 Å². The van der Waals surface area contributed by atoms with Crippen LogP contribution in [0.15, 0.2) is 36.7 Å². The van der Waals surface area contributed by atoms with Crippen LogP contribution in [-0.2, 0) is 18.4 Å². The van der Waals surface area contributed by atoms with Crippen molar-refractivity contribution in [2.45, 2.75) is 37.6 Å². The molecule has 0 amide bonds. The van der Waals surface area contributed by atoms with E-state index in [0.717, 1.165) is 5.56 Å². The highest BCUT2D eigenvalue weighted by molar-refractivity contribution is 7.70. The van der Waals surface area contributed by atoms with Gasteiger partial charge in [-0.1, -0.05) is 30.3 Å². The summed E-state index contributed by atoms with van der Waals surface area (Å²) in [4.78, 5) is 40.0. The highest BCUT2D eigenvalue weighted by atomic mass is 35.5. The summed E-state index contributed by atoms with van der Waals surface area (Å²) in [5.41, 5.74) is 1.33. The van der Waals surface area contributed by atoms with Crippen molar-refractivity contribution >= 4 is 43.8 Å². The molecule has 0 radical (unpaired) electrons. The number of aliphatic hydroxyl groups excluding tert-OH is 1. The number of nitrogens with one attached hydrogen (secondary N) is 1. The first-order chi connectivity index (χ1) is 16.8. The van der Waals surface area contributed by atoms with E-state index in [1.807, 2.05) is 37.3 Å². The number of nitrogens with zero attached hydrogens (tertiary/aromatic N) is 4. The van der Waals surface area contributed by atoms with E-state index in [9.17, 15) is 19.1 Å². The Morgan fingerprint density at radius 1 is 1.25 bits per heavy atom. The van der Waals surface area contributed by atoms with Gasteiger partial charge in [-0.15, -0.1) is 0 Å². The second-order valence-electron chi connectivity index (χ2n) is 8.18. The molecule has 1 saturated heterocycles. The van der Waals surface area contributed by atoms with E-state index in [4.69, 9.17) is 26.1 Å². The second kappa shape index (κ2) is 10.4. The van der Waals surface area contributed by atoms with Crippen molar-refractivity contribution in [3.63, 3.8) is 0 Å². The highest BCUT2D eigenvalue weighted by Gasteiger charge is 2.47. The van der Waals surface area contributed by atoms with E-state index in [2.05, 4.69) is 24.8 Å². The monoisotopic (exact) mass is 565 g/mol. The van der Waals surface area contributed by atoms with Crippen molar-refractivity contribution in [3.8, 4) is 0 Å². The molecule has 0 saturated carbocycles. The van der Waals surface area contributed by atoms with Gasteiger partial charge in [-0.2, -0.15) is 9.97 Å². The fourth-order valence-electron chi connectivity index (χ4n) is 3.74. The Labute approximate surface area is 209 Å². The van der Waals surface area contributed by atoms with Gasteiger partial charge in [-0.05, 0) is 24.1 Å². The summed E-state index contributed by atoms with van der Waals surface area (Å²) in [6.07, 6.45) is -5.46. The predicted octanol–water partition coefficient (Wildman–Crippen LogP) is 2.59. The number of alkyl halides is 1. The fourth-order valence-corrected chi connectivity index (χ4v) is 6.47. The number of rotatable bonds is 9. The number of imidazole rings is 1. The van der Waals surface area contributed by atoms with Gasteiger partial charge in [0.1, 0.15) is 12.2 Å². The normalized spacial score (nSPS) is 25.1. The number of halogens is 2. The molecule has 1 aromatic carbocycles. The summed E-state index contributed by atoms with van der Waals surface area (Å²) in [5.74, 6) is -1.14. The lowest BCUT2D eigenvalue weighted by Gasteiger charge is -2.18. The molecule has 2 aromatic heterocycles. The molecule has 196 valence electrons. The van der Waals surface area contributed by atoms with E-state index >= 15 is 4.39 Å². The maximum absolute atomic E-state index is 15.0. The predicted molar refractivity (Wildman–Crippen MR) is 126 cm³/mol. The number of aromatic nitrogens is 4. The zero-order valence-corrected chi connectivity index (χ0v) is 21.2. The number of hydrogen-bond donors (Lipinski definition) is 5. The van der Waals surface area contributed by atoms with E-state index < -0.39 is 52.3 Å². The first-order valence-corrected chi connectivity index (χ1v) is 14.5. The molecule has 0 bridgehead atoms. The molecule has 1 fully saturated rings. The lowest BCUT2D eigenvalue weighted by molar-refractivity contribution is -0.0425. The molecular weight excluding hydrogens is 543 g/mol. The molecule has 3 heterocycles. The Kier molecular flexibility index (Phi) is 7.82. The fraction of sp³-hybridized carbons (Fsp3) is 0.421. The first kappa shape index (κ1) is 27.1. The van der Waals surface area contributed by atoms with Crippen LogP contribution in [0.2, 0.25) is 5.28 Å². The minimum absolute atomic E-state index is 0.105. The Morgan fingerprint density at radius 2 is 1.94 bits per heavy atom. The van der Waals surface area contributed by atoms with Crippen molar-refractivity contribution in [2.75, 3.05) is 17.8 Å². The SMILES string of the molecule is C[C@H](Nc1nc(Cl)nc2c1ncn2[C@@H]1O[C@H](COP(=O)(O)CP(=O)(O)O)[C@@H](O)[C@@H]1F)c1ccccc1. The Morgan fingerprint density at radius 3 is 2.61 bits per heavy atom. The maximum Gasteiger partial charge on any atom is 0.340 e. The minimum Gasteiger partial charge on any atom is -0.387 e. The molecule has 13 nitrogen and oxygen atoms in total. The molecule has 4 rings (SSSR count). The summed E-state index contributed by atoms with van der Waals surface area (Å²) >= 11 is 6.11. The number of fused-ring (bicyclic) bond motifs is 1. The van der Waals surface area contributed by atoms with Crippen LogP contribution < -0.4 is 5.32 Å². The standard InChI is InChI=1S/C19H23ClFN5O8P2/c1-10(11-5-3-2-4-6-11)23-16-14-17(25-19(20)24-16)26(8-22-14)18-13(21)15(27)12(34-18)7-33-36(31,32)9-35(28,29)30/h2-6,8,10,12-13,15,18,27H,7,9H2,1H3,(H,31,32)(H,23,24,25)(H2,28,29,30)/t10-,12+,13-,15+,18+/m0/s1. The van der Waals surface area contributed by atoms with E-state index in [1.54, 1.807) is 0 Å². The van der Waals surface area contributed by atoms with Crippen LogP contribution in [-0.4, -0.2) is 70.2 Å². The van der Waals surface area contributed by atoms with Crippen molar-refractivity contribution in [1.82, 2.24) is 19.5 Å². The van der Waals surface area contributed by atoms with Crippen LogP contribution in [0.25, 0.3) is 11.2 Å². The number of ether oxygens (including phenoxy) is 1. The zero-order chi connectivity index (χ0) is 26.3. The van der Waals surface area contributed by atoms with Gasteiger partial charge in [0.25, 0.3) is 0 Å². The molecule has 36 heavy (non-hydrogen) atoms. The third-order valence-corrected chi connectivity index (χ3v) is 9.04. The van der Waals surface area contributed by atoms with E-state index in [1.165, 1.54) is 10.9 Å². The quantitative estimate of drug-likeness (QED) is 0.189. The molecule has 6 atom stereocenters. The lowest BCUT2D eigenvalue weighted by Crippen LogP contribution is -2.31. The average Bonchev–Trinajstić information content (AvgIpc) is 3.32. The Hall–Kier alpha value is -1.99. The molecule has 1 unspecified atom stereocenters. The Bertz CT molecular complexity index is 1330. The molecular formula is C19H23ClFN5O8P2. The summed E-state index contributed by atoms with van der Waals surface area (Å²) in [5, 5.41) is 13.3. The van der Waals surface area contributed by atoms with Gasteiger partial charge in [0, 0.05) is 0 Å². The van der Waals surface area contributed by atoms with Gasteiger partial charge in [0.2, 0.25) is 5.28 Å². The number of aliphatic hydroxyl groups is 1. The van der Waals surface area contributed by atoms with E-state index in [-0.39, 0.29) is 28.3 Å². The summed E-state index contributed by atoms with van der Waals surface area (Å²) in [6.45, 7) is 1.11. The highest BCUT2D eigenvalue weighted by Crippen LogP contribution is 2.55. The molecule has 3 aromatic rings. The lowest BCUT2D eigenvalue weighted by atomic mass is 10.1. The second-order valence-corrected chi connectivity index (χ2v) is 12.5. The molecule has 17 heteroatoms. The number of hydrogen-bond acceptors (Lipinski definition) is 9. The van der Waals surface area contributed by atoms with Crippen LogP contribution >= 0.6 is 26.8 Å². The van der Waals surface area contributed by atoms with Crippen molar-refractivity contribution in [2.24, 2.45) is 0 Å². The molecule has 1 aliphatic heterocycles. The zero-order valence-electron chi connectivity index (χ0n) is 18.6. The molecule has 1 aliphatic rings. The van der Waals surface area contributed by atoms with Gasteiger partial charge in [0.05, 0.1) is 19.0 Å². The average molecular weight is 566 g/mol. The summed E-state index contributed by atoms with van der Waals surface area (Å²) in [7, 11) is -9.58. The van der Waals surface area contributed by atoms with Gasteiger partial charge in [-0.3, -0.25) is 13.7 Å². The van der Waals surface area contributed by atoms with Gasteiger partial charge < -0.3 is 34.4 Å². The van der Waals surface area contributed by atoms with Gasteiger partial charge in [0.15, 0.2) is 35.3 Å². The number of anilines is 1. The van der Waals surface area contributed by atoms with Crippen molar-refractivity contribution < 1.29 is 42.6 Å². The van der Waals surface area contributed by atoms with Crippen LogP contribution in [0.5, 0.6) is 0 Å². The van der Waals surface area contributed by atoms with Crippen LogP contribution in [0.1, 0.15) is 24.8 Å². The van der Waals surface area contributed by atoms with Gasteiger partial charge in [-0.25, -0.2) is 9.37 Å². The third-order valence-electron chi connectivity index (χ3n) is 5.42. The topological polar surface area (TPSA) is 189 Å². The third kappa shape index (κ3) is 6.10. The van der Waals surface area contributed by atoms with E-state index in [0.29, 0.717) is 0 Å². The summed E-state index contributed by atoms with van der Waals surface area (Å²) in [6, 6.07) is 9.31. The minimum atomic E-state index is -4.86. The van der Waals surface area contributed by atoms with Crippen LogP contribution in [0, 0.1) is 0 Å². The smallest absolute Gasteiger partial charge is 0.340 e. The molecule has 0 aliphatic carbocycles. The van der Waals surface area contributed by atoms with Crippen molar-refractivity contribution in [3.05, 3.63) is 47.5 Å². The number of benzene rings is 1.